The van der Waals surface area contributed by atoms with Crippen LogP contribution in [0.1, 0.15) is 44.1 Å². The number of ether oxygens (including phenoxy) is 3. The van der Waals surface area contributed by atoms with Crippen LogP contribution in [-0.2, 0) is 16.1 Å². The summed E-state index contributed by atoms with van der Waals surface area (Å²) in [7, 11) is 1.64. The van der Waals surface area contributed by atoms with Crippen molar-refractivity contribution in [3.05, 3.63) is 23.8 Å². The molecular weight excluding hydrogens is 320 g/mol. The molecule has 0 aromatic heterocycles. The lowest BCUT2D eigenvalue weighted by atomic mass is 9.90. The third-order valence-corrected chi connectivity index (χ3v) is 5.11. The molecule has 0 unspecified atom stereocenters. The standard InChI is InChI=1S/C19H28N2O4/c1-23-16-7-6-14(12-17(16)25-15-4-2-3-5-15)13-21-18(22)19(20)8-10-24-11-9-19/h6-7,12,15H,2-5,8-11,13,20H2,1H3,(H,21,22). The minimum Gasteiger partial charge on any atom is -0.493 e. The molecule has 6 nitrogen and oxygen atoms in total. The molecular formula is C19H28N2O4. The predicted molar refractivity (Wildman–Crippen MR) is 94.7 cm³/mol. The van der Waals surface area contributed by atoms with Gasteiger partial charge in [0, 0.05) is 19.8 Å². The maximum absolute atomic E-state index is 12.4. The number of carbonyl (C=O) groups is 1. The van der Waals surface area contributed by atoms with Gasteiger partial charge in [-0.3, -0.25) is 4.79 Å². The quantitative estimate of drug-likeness (QED) is 0.823. The molecule has 2 aliphatic rings. The van der Waals surface area contributed by atoms with Crippen LogP contribution >= 0.6 is 0 Å². The van der Waals surface area contributed by atoms with Crippen molar-refractivity contribution in [2.45, 2.75) is 56.7 Å². The van der Waals surface area contributed by atoms with E-state index in [-0.39, 0.29) is 12.0 Å². The Labute approximate surface area is 149 Å². The summed E-state index contributed by atoms with van der Waals surface area (Å²) in [6.07, 6.45) is 5.96. The second kappa shape index (κ2) is 8.06. The van der Waals surface area contributed by atoms with Gasteiger partial charge in [0.15, 0.2) is 11.5 Å². The first-order chi connectivity index (χ1) is 12.1. The van der Waals surface area contributed by atoms with E-state index in [1.54, 1.807) is 7.11 Å². The predicted octanol–water partition coefficient (Wildman–Crippen LogP) is 2.14. The first kappa shape index (κ1) is 18.0. The molecule has 138 valence electrons. The minimum absolute atomic E-state index is 0.120. The fraction of sp³-hybridized carbons (Fsp3) is 0.632. The summed E-state index contributed by atoms with van der Waals surface area (Å²) >= 11 is 0. The third-order valence-electron chi connectivity index (χ3n) is 5.11. The van der Waals surface area contributed by atoms with Crippen LogP contribution in [0.4, 0.5) is 0 Å². The van der Waals surface area contributed by atoms with Crippen LogP contribution in [0, 0.1) is 0 Å². The summed E-state index contributed by atoms with van der Waals surface area (Å²) in [4.78, 5) is 12.4. The lowest BCUT2D eigenvalue weighted by Gasteiger charge is -2.31. The van der Waals surface area contributed by atoms with E-state index in [2.05, 4.69) is 5.32 Å². The first-order valence-corrected chi connectivity index (χ1v) is 9.09. The highest BCUT2D eigenvalue weighted by molar-refractivity contribution is 5.86. The molecule has 0 spiro atoms. The zero-order valence-electron chi connectivity index (χ0n) is 14.9. The topological polar surface area (TPSA) is 82.8 Å². The van der Waals surface area contributed by atoms with E-state index in [1.165, 1.54) is 12.8 Å². The second-order valence-electron chi connectivity index (χ2n) is 6.96. The average molecular weight is 348 g/mol. The van der Waals surface area contributed by atoms with Gasteiger partial charge in [0.25, 0.3) is 0 Å². The van der Waals surface area contributed by atoms with Crippen LogP contribution in [0.2, 0.25) is 0 Å². The number of methoxy groups -OCH3 is 1. The van der Waals surface area contributed by atoms with Gasteiger partial charge in [-0.15, -0.1) is 0 Å². The van der Waals surface area contributed by atoms with Crippen LogP contribution in [0.3, 0.4) is 0 Å². The van der Waals surface area contributed by atoms with Crippen molar-refractivity contribution in [2.75, 3.05) is 20.3 Å². The summed E-state index contributed by atoms with van der Waals surface area (Å²) in [5, 5.41) is 2.95. The number of hydrogen-bond acceptors (Lipinski definition) is 5. The SMILES string of the molecule is COc1ccc(CNC(=O)C2(N)CCOCC2)cc1OC1CCCC1. The lowest BCUT2D eigenvalue weighted by Crippen LogP contribution is -2.56. The van der Waals surface area contributed by atoms with Gasteiger partial charge in [-0.25, -0.2) is 0 Å². The molecule has 6 heteroatoms. The van der Waals surface area contributed by atoms with Crippen LogP contribution in [0.15, 0.2) is 18.2 Å². The number of carbonyl (C=O) groups excluding carboxylic acids is 1. The molecule has 0 atom stereocenters. The number of benzene rings is 1. The molecule has 0 radical (unpaired) electrons. The van der Waals surface area contributed by atoms with Gasteiger partial charge < -0.3 is 25.3 Å². The van der Waals surface area contributed by atoms with E-state index in [1.807, 2.05) is 18.2 Å². The summed E-state index contributed by atoms with van der Waals surface area (Å²) in [6, 6.07) is 5.77. The highest BCUT2D eigenvalue weighted by Crippen LogP contribution is 2.32. The Hall–Kier alpha value is -1.79. The molecule has 3 N–H and O–H groups in total. The van der Waals surface area contributed by atoms with E-state index < -0.39 is 5.54 Å². The Bertz CT molecular complexity index is 593. The van der Waals surface area contributed by atoms with Crippen molar-refractivity contribution < 1.29 is 19.0 Å². The van der Waals surface area contributed by atoms with Crippen molar-refractivity contribution in [3.8, 4) is 11.5 Å². The van der Waals surface area contributed by atoms with Crippen LogP contribution in [0.25, 0.3) is 0 Å². The summed E-state index contributed by atoms with van der Waals surface area (Å²) < 4.78 is 16.8. The first-order valence-electron chi connectivity index (χ1n) is 9.09. The monoisotopic (exact) mass is 348 g/mol. The molecule has 1 amide bonds. The minimum atomic E-state index is -0.825. The van der Waals surface area contributed by atoms with Crippen molar-refractivity contribution in [1.82, 2.24) is 5.32 Å². The smallest absolute Gasteiger partial charge is 0.240 e. The molecule has 1 saturated heterocycles. The summed E-state index contributed by atoms with van der Waals surface area (Å²) in [5.74, 6) is 1.35. The molecule has 1 aromatic rings. The van der Waals surface area contributed by atoms with Crippen LogP contribution < -0.4 is 20.5 Å². The molecule has 25 heavy (non-hydrogen) atoms. The fourth-order valence-corrected chi connectivity index (χ4v) is 3.43. The van der Waals surface area contributed by atoms with Crippen molar-refractivity contribution in [1.29, 1.82) is 0 Å². The maximum Gasteiger partial charge on any atom is 0.240 e. The third kappa shape index (κ3) is 4.44. The number of amides is 1. The highest BCUT2D eigenvalue weighted by atomic mass is 16.5. The maximum atomic E-state index is 12.4. The average Bonchev–Trinajstić information content (AvgIpc) is 3.13. The number of hydrogen-bond donors (Lipinski definition) is 2. The van der Waals surface area contributed by atoms with Gasteiger partial charge in [-0.1, -0.05) is 6.07 Å². The number of nitrogens with one attached hydrogen (secondary N) is 1. The van der Waals surface area contributed by atoms with E-state index >= 15 is 0 Å². The molecule has 1 aromatic carbocycles. The summed E-state index contributed by atoms with van der Waals surface area (Å²) in [5.41, 5.74) is 6.36. The Morgan fingerprint density at radius 3 is 2.68 bits per heavy atom. The van der Waals surface area contributed by atoms with Gasteiger partial charge in [-0.2, -0.15) is 0 Å². The second-order valence-corrected chi connectivity index (χ2v) is 6.96. The Morgan fingerprint density at radius 1 is 1.28 bits per heavy atom. The van der Waals surface area contributed by atoms with E-state index in [0.717, 1.165) is 29.9 Å². The fourth-order valence-electron chi connectivity index (χ4n) is 3.43. The Morgan fingerprint density at radius 2 is 2.00 bits per heavy atom. The highest BCUT2D eigenvalue weighted by Gasteiger charge is 2.35. The van der Waals surface area contributed by atoms with E-state index in [9.17, 15) is 4.79 Å². The van der Waals surface area contributed by atoms with Crippen LogP contribution in [0.5, 0.6) is 11.5 Å². The van der Waals surface area contributed by atoms with Gasteiger partial charge >= 0.3 is 0 Å². The normalized spacial score (nSPS) is 20.2. The van der Waals surface area contributed by atoms with Gasteiger partial charge in [0.1, 0.15) is 0 Å². The largest absolute Gasteiger partial charge is 0.493 e. The van der Waals surface area contributed by atoms with Gasteiger partial charge in [-0.05, 0) is 56.2 Å². The Balaban J connectivity index is 1.62. The number of nitrogens with two attached hydrogens (primary N) is 1. The lowest BCUT2D eigenvalue weighted by molar-refractivity contribution is -0.129. The number of rotatable bonds is 6. The molecule has 1 aliphatic carbocycles. The summed E-state index contributed by atoms with van der Waals surface area (Å²) in [6.45, 7) is 1.49. The van der Waals surface area contributed by atoms with Crippen molar-refractivity contribution >= 4 is 5.91 Å². The molecule has 2 fully saturated rings. The molecule has 1 aliphatic heterocycles. The van der Waals surface area contributed by atoms with E-state index in [0.29, 0.717) is 32.6 Å². The van der Waals surface area contributed by atoms with E-state index in [4.69, 9.17) is 19.9 Å². The molecule has 1 saturated carbocycles. The molecule has 0 bridgehead atoms. The zero-order chi connectivity index (χ0) is 17.7. The van der Waals surface area contributed by atoms with Crippen molar-refractivity contribution in [2.24, 2.45) is 5.73 Å². The molecule has 3 rings (SSSR count). The Kier molecular flexibility index (Phi) is 5.81. The van der Waals surface area contributed by atoms with Crippen LogP contribution in [-0.4, -0.2) is 37.9 Å². The molecule has 1 heterocycles. The van der Waals surface area contributed by atoms with Gasteiger partial charge in [0.2, 0.25) is 5.91 Å². The van der Waals surface area contributed by atoms with Gasteiger partial charge in [0.05, 0.1) is 18.8 Å². The zero-order valence-corrected chi connectivity index (χ0v) is 14.9. The van der Waals surface area contributed by atoms with Crippen molar-refractivity contribution in [3.63, 3.8) is 0 Å².